The number of ether oxygens (including phenoxy) is 2. The number of carbonyl (C=O) groups excluding carboxylic acids is 2. The molecular formula is C41H39N3O4S. The SMILES string of the molecule is CCCSc1ccc(-c2nn(-c3ccccc3)cc2C2C(C(=O)OCc3ccccc3)=C(C)NC(C)=C2C(=O)OCc2ccccc2)cc1. The maximum absolute atomic E-state index is 14.2. The van der Waals surface area contributed by atoms with Gasteiger partial charge in [0, 0.05) is 33.6 Å². The number of nitrogens with zero attached hydrogens (tertiary/aromatic N) is 2. The molecule has 49 heavy (non-hydrogen) atoms. The number of thioether (sulfide) groups is 1. The minimum atomic E-state index is -0.825. The van der Waals surface area contributed by atoms with Gasteiger partial charge in [0.15, 0.2) is 0 Å². The van der Waals surface area contributed by atoms with Gasteiger partial charge in [-0.3, -0.25) is 0 Å². The van der Waals surface area contributed by atoms with Crippen LogP contribution in [0.5, 0.6) is 0 Å². The van der Waals surface area contributed by atoms with E-state index >= 15 is 0 Å². The van der Waals surface area contributed by atoms with Crippen LogP contribution >= 0.6 is 11.8 Å². The molecular weight excluding hydrogens is 631 g/mol. The molecule has 1 aliphatic heterocycles. The molecule has 1 aliphatic rings. The predicted molar refractivity (Wildman–Crippen MR) is 194 cm³/mol. The standard InChI is InChI=1S/C41H39N3O4S/c1-4-24-49-34-22-20-32(21-23-34)39-35(25-44(43-39)33-18-12-7-13-19-33)38-36(40(45)47-26-30-14-8-5-9-15-30)28(2)42-29(3)37(38)41(46)48-27-31-16-10-6-11-17-31/h5-23,25,38,42H,4,24,26-27H2,1-3H3. The molecule has 1 aromatic heterocycles. The average molecular weight is 670 g/mol. The van der Waals surface area contributed by atoms with Gasteiger partial charge in [0.1, 0.15) is 13.2 Å². The second-order valence-corrected chi connectivity index (χ2v) is 13.0. The fourth-order valence-corrected chi connectivity index (χ4v) is 6.68. The number of rotatable bonds is 12. The van der Waals surface area contributed by atoms with Crippen molar-refractivity contribution in [3.63, 3.8) is 0 Å². The first-order valence-electron chi connectivity index (χ1n) is 16.4. The lowest BCUT2D eigenvalue weighted by atomic mass is 9.79. The minimum absolute atomic E-state index is 0.0900. The van der Waals surface area contributed by atoms with Gasteiger partial charge in [-0.1, -0.05) is 97.9 Å². The van der Waals surface area contributed by atoms with Crippen molar-refractivity contribution >= 4 is 23.7 Å². The van der Waals surface area contributed by atoms with Gasteiger partial charge >= 0.3 is 11.9 Å². The van der Waals surface area contributed by atoms with E-state index in [1.165, 1.54) is 4.90 Å². The molecule has 0 amide bonds. The summed E-state index contributed by atoms with van der Waals surface area (Å²) < 4.78 is 13.7. The summed E-state index contributed by atoms with van der Waals surface area (Å²) in [6.07, 6.45) is 2.99. The monoisotopic (exact) mass is 669 g/mol. The molecule has 0 spiro atoms. The molecule has 1 N–H and O–H groups in total. The van der Waals surface area contributed by atoms with Crippen LogP contribution in [0.2, 0.25) is 0 Å². The summed E-state index contributed by atoms with van der Waals surface area (Å²) in [4.78, 5) is 29.5. The van der Waals surface area contributed by atoms with Crippen LogP contribution in [-0.4, -0.2) is 27.5 Å². The van der Waals surface area contributed by atoms with Crippen LogP contribution in [0.4, 0.5) is 0 Å². The van der Waals surface area contributed by atoms with Crippen molar-refractivity contribution in [2.45, 2.75) is 51.2 Å². The number of dihydropyridines is 1. The van der Waals surface area contributed by atoms with Crippen LogP contribution in [0.25, 0.3) is 16.9 Å². The summed E-state index contributed by atoms with van der Waals surface area (Å²) in [5.74, 6) is -0.845. The molecule has 0 saturated carbocycles. The number of hydrogen-bond donors (Lipinski definition) is 1. The largest absolute Gasteiger partial charge is 0.457 e. The van der Waals surface area contributed by atoms with Crippen molar-refractivity contribution in [2.24, 2.45) is 0 Å². The quantitative estimate of drug-likeness (QED) is 0.105. The number of hydrogen-bond acceptors (Lipinski definition) is 7. The normalized spacial score (nSPS) is 13.3. The maximum Gasteiger partial charge on any atom is 0.337 e. The Morgan fingerprint density at radius 2 is 1.24 bits per heavy atom. The molecule has 5 aromatic rings. The minimum Gasteiger partial charge on any atom is -0.457 e. The molecule has 8 heteroatoms. The first-order valence-corrected chi connectivity index (χ1v) is 17.4. The highest BCUT2D eigenvalue weighted by atomic mass is 32.2. The molecule has 0 radical (unpaired) electrons. The van der Waals surface area contributed by atoms with Gasteiger partial charge in [-0.15, -0.1) is 11.8 Å². The van der Waals surface area contributed by atoms with Crippen LogP contribution in [-0.2, 0) is 32.3 Å². The van der Waals surface area contributed by atoms with E-state index in [1.54, 1.807) is 16.4 Å². The first-order chi connectivity index (χ1) is 23.9. The summed E-state index contributed by atoms with van der Waals surface area (Å²) in [6.45, 7) is 6.02. The van der Waals surface area contributed by atoms with Crippen LogP contribution in [0.3, 0.4) is 0 Å². The van der Waals surface area contributed by atoms with Crippen molar-refractivity contribution in [2.75, 3.05) is 5.75 Å². The fourth-order valence-electron chi connectivity index (χ4n) is 5.91. The lowest BCUT2D eigenvalue weighted by Crippen LogP contribution is -2.32. The lowest BCUT2D eigenvalue weighted by Gasteiger charge is -2.30. The van der Waals surface area contributed by atoms with Gasteiger partial charge in [-0.2, -0.15) is 5.10 Å². The van der Waals surface area contributed by atoms with E-state index in [0.29, 0.717) is 33.8 Å². The molecule has 0 saturated heterocycles. The first kappa shape index (κ1) is 33.6. The zero-order valence-corrected chi connectivity index (χ0v) is 28.7. The topological polar surface area (TPSA) is 82.5 Å². The van der Waals surface area contributed by atoms with Crippen molar-refractivity contribution in [1.82, 2.24) is 15.1 Å². The molecule has 0 fully saturated rings. The maximum atomic E-state index is 14.2. The van der Waals surface area contributed by atoms with E-state index in [2.05, 4.69) is 24.4 Å². The lowest BCUT2D eigenvalue weighted by molar-refractivity contribution is -0.141. The molecule has 4 aromatic carbocycles. The summed E-state index contributed by atoms with van der Waals surface area (Å²) in [7, 11) is 0. The van der Waals surface area contributed by atoms with Gasteiger partial charge in [-0.25, -0.2) is 14.3 Å². The third-order valence-electron chi connectivity index (χ3n) is 8.30. The van der Waals surface area contributed by atoms with Gasteiger partial charge in [0.2, 0.25) is 0 Å². The fraction of sp³-hybridized carbons (Fsp3) is 0.195. The van der Waals surface area contributed by atoms with E-state index < -0.39 is 17.9 Å². The molecule has 0 aliphatic carbocycles. The van der Waals surface area contributed by atoms with Crippen molar-refractivity contribution in [3.05, 3.63) is 161 Å². The highest BCUT2D eigenvalue weighted by Gasteiger charge is 2.40. The van der Waals surface area contributed by atoms with Crippen LogP contribution < -0.4 is 5.32 Å². The van der Waals surface area contributed by atoms with Gasteiger partial charge in [0.25, 0.3) is 0 Å². The van der Waals surface area contributed by atoms with Gasteiger partial charge in [-0.05, 0) is 61.4 Å². The Morgan fingerprint density at radius 1 is 0.735 bits per heavy atom. The van der Waals surface area contributed by atoms with Crippen molar-refractivity contribution in [3.8, 4) is 16.9 Å². The van der Waals surface area contributed by atoms with Crippen molar-refractivity contribution in [1.29, 1.82) is 0 Å². The summed E-state index contributed by atoms with van der Waals surface area (Å²) in [5.41, 5.74) is 6.66. The number of benzene rings is 4. The Labute approximate surface area is 291 Å². The molecule has 0 bridgehead atoms. The number of para-hydroxylation sites is 1. The van der Waals surface area contributed by atoms with Crippen LogP contribution in [0, 0.1) is 0 Å². The molecule has 6 rings (SSSR count). The molecule has 0 atom stereocenters. The van der Waals surface area contributed by atoms with E-state index in [9.17, 15) is 9.59 Å². The third-order valence-corrected chi connectivity index (χ3v) is 9.52. The van der Waals surface area contributed by atoms with Crippen LogP contribution in [0.1, 0.15) is 49.8 Å². The Balaban J connectivity index is 1.47. The highest BCUT2D eigenvalue weighted by molar-refractivity contribution is 7.99. The molecule has 248 valence electrons. The number of carbonyl (C=O) groups is 2. The van der Waals surface area contributed by atoms with Gasteiger partial charge < -0.3 is 14.8 Å². The van der Waals surface area contributed by atoms with Crippen molar-refractivity contribution < 1.29 is 19.1 Å². The Morgan fingerprint density at radius 3 is 1.76 bits per heavy atom. The van der Waals surface area contributed by atoms with E-state index in [0.717, 1.165) is 34.6 Å². The third kappa shape index (κ3) is 7.87. The highest BCUT2D eigenvalue weighted by Crippen LogP contribution is 2.43. The van der Waals surface area contributed by atoms with E-state index in [-0.39, 0.29) is 13.2 Å². The molecule has 7 nitrogen and oxygen atoms in total. The summed E-state index contributed by atoms with van der Waals surface area (Å²) >= 11 is 1.80. The Hall–Kier alpha value is -5.34. The smallest absolute Gasteiger partial charge is 0.337 e. The predicted octanol–water partition coefficient (Wildman–Crippen LogP) is 8.76. The number of esters is 2. The molecule has 0 unspecified atom stereocenters. The van der Waals surface area contributed by atoms with E-state index in [1.807, 2.05) is 123 Å². The second kappa shape index (κ2) is 15.7. The van der Waals surface area contributed by atoms with E-state index in [4.69, 9.17) is 14.6 Å². The summed E-state index contributed by atoms with van der Waals surface area (Å²) in [6, 6.07) is 37.2. The zero-order valence-electron chi connectivity index (χ0n) is 27.9. The summed E-state index contributed by atoms with van der Waals surface area (Å²) in [5, 5.41) is 8.37. The van der Waals surface area contributed by atoms with Gasteiger partial charge in [0.05, 0.1) is 28.4 Å². The zero-order chi connectivity index (χ0) is 34.2. The number of allylic oxidation sites excluding steroid dienone is 2. The number of nitrogens with one attached hydrogen (secondary N) is 1. The molecule has 2 heterocycles. The number of aromatic nitrogens is 2. The average Bonchev–Trinajstić information content (AvgIpc) is 3.58. The second-order valence-electron chi connectivity index (χ2n) is 11.8. The Bertz CT molecular complexity index is 1890. The van der Waals surface area contributed by atoms with Crippen LogP contribution in [0.15, 0.2) is 149 Å². The Kier molecular flexibility index (Phi) is 10.8.